The van der Waals surface area contributed by atoms with Crippen LogP contribution in [0, 0.1) is 0 Å². The molecule has 0 saturated heterocycles. The van der Waals surface area contributed by atoms with Crippen LogP contribution in [-0.2, 0) is 4.79 Å². The lowest BCUT2D eigenvalue weighted by atomic mass is 10.0. The second-order valence-electron chi connectivity index (χ2n) is 3.62. The largest absolute Gasteiger partial charge is 0.497 e. The summed E-state index contributed by atoms with van der Waals surface area (Å²) in [5.74, 6) is 0.342. The van der Waals surface area contributed by atoms with E-state index in [1.807, 2.05) is 0 Å². The van der Waals surface area contributed by atoms with Gasteiger partial charge in [-0.1, -0.05) is 0 Å². The van der Waals surface area contributed by atoms with Crippen molar-refractivity contribution in [2.24, 2.45) is 0 Å². The minimum absolute atomic E-state index is 0.300. The lowest BCUT2D eigenvalue weighted by Crippen LogP contribution is -2.00. The summed E-state index contributed by atoms with van der Waals surface area (Å²) in [6, 6.07) is 5.30. The molecule has 1 aromatic carbocycles. The van der Waals surface area contributed by atoms with Gasteiger partial charge in [-0.2, -0.15) is 0 Å². The van der Waals surface area contributed by atoms with Crippen LogP contribution in [0.4, 0.5) is 0 Å². The van der Waals surface area contributed by atoms with Gasteiger partial charge in [-0.3, -0.25) is 0 Å². The standard InChI is InChI=1S/C13H16O4/c1-8(9(2)13(14)15)11-6-5-10(16-3)7-12(11)17-4/h5-7H,1-4H3,(H,14,15). The number of ether oxygens (including phenoxy) is 2. The van der Waals surface area contributed by atoms with Gasteiger partial charge in [0.05, 0.1) is 14.2 Å². The first-order chi connectivity index (χ1) is 8.01. The third kappa shape index (κ3) is 2.78. The van der Waals surface area contributed by atoms with Gasteiger partial charge in [-0.15, -0.1) is 0 Å². The van der Waals surface area contributed by atoms with Crippen LogP contribution < -0.4 is 9.47 Å². The van der Waals surface area contributed by atoms with Crippen molar-refractivity contribution in [1.82, 2.24) is 0 Å². The molecule has 0 aromatic heterocycles. The van der Waals surface area contributed by atoms with Crippen molar-refractivity contribution in [2.75, 3.05) is 14.2 Å². The Bertz CT molecular complexity index is 460. The van der Waals surface area contributed by atoms with Crippen LogP contribution in [0.25, 0.3) is 5.57 Å². The summed E-state index contributed by atoms with van der Waals surface area (Å²) >= 11 is 0. The van der Waals surface area contributed by atoms with E-state index in [2.05, 4.69) is 0 Å². The van der Waals surface area contributed by atoms with Crippen LogP contribution in [0.1, 0.15) is 19.4 Å². The lowest BCUT2D eigenvalue weighted by Gasteiger charge is -2.12. The van der Waals surface area contributed by atoms with E-state index in [1.54, 1.807) is 46.3 Å². The predicted molar refractivity (Wildman–Crippen MR) is 65.4 cm³/mol. The van der Waals surface area contributed by atoms with E-state index in [0.717, 1.165) is 5.56 Å². The summed E-state index contributed by atoms with van der Waals surface area (Å²) in [4.78, 5) is 10.9. The highest BCUT2D eigenvalue weighted by atomic mass is 16.5. The second-order valence-corrected chi connectivity index (χ2v) is 3.62. The molecule has 1 aromatic rings. The Morgan fingerprint density at radius 2 is 1.82 bits per heavy atom. The van der Waals surface area contributed by atoms with Crippen molar-refractivity contribution >= 4 is 11.5 Å². The molecule has 0 amide bonds. The molecule has 0 aliphatic carbocycles. The van der Waals surface area contributed by atoms with Crippen LogP contribution in [0.15, 0.2) is 23.8 Å². The zero-order valence-corrected chi connectivity index (χ0v) is 10.4. The fraction of sp³-hybridized carbons (Fsp3) is 0.308. The van der Waals surface area contributed by atoms with Crippen LogP contribution in [-0.4, -0.2) is 25.3 Å². The van der Waals surface area contributed by atoms with Crippen molar-refractivity contribution in [3.63, 3.8) is 0 Å². The Hall–Kier alpha value is -1.97. The number of carboxylic acid groups (broad SMARTS) is 1. The number of rotatable bonds is 4. The smallest absolute Gasteiger partial charge is 0.331 e. The summed E-state index contributed by atoms with van der Waals surface area (Å²) < 4.78 is 10.3. The van der Waals surface area contributed by atoms with Crippen LogP contribution in [0.5, 0.6) is 11.5 Å². The van der Waals surface area contributed by atoms with Crippen LogP contribution in [0.2, 0.25) is 0 Å². The summed E-state index contributed by atoms with van der Waals surface area (Å²) in [6.07, 6.45) is 0. The van der Waals surface area contributed by atoms with Gasteiger partial charge >= 0.3 is 5.97 Å². The number of allylic oxidation sites excluding steroid dienone is 1. The zero-order valence-electron chi connectivity index (χ0n) is 10.4. The molecular formula is C13H16O4. The lowest BCUT2D eigenvalue weighted by molar-refractivity contribution is -0.132. The molecule has 0 bridgehead atoms. The maximum atomic E-state index is 10.9. The van der Waals surface area contributed by atoms with E-state index in [0.29, 0.717) is 22.6 Å². The Morgan fingerprint density at radius 3 is 2.29 bits per heavy atom. The number of benzene rings is 1. The molecule has 0 aliphatic rings. The summed E-state index contributed by atoms with van der Waals surface area (Å²) in [6.45, 7) is 3.33. The van der Waals surface area contributed by atoms with Crippen molar-refractivity contribution in [1.29, 1.82) is 0 Å². The van der Waals surface area contributed by atoms with Gasteiger partial charge in [0.1, 0.15) is 11.5 Å². The molecule has 1 rings (SSSR count). The molecule has 0 radical (unpaired) electrons. The van der Waals surface area contributed by atoms with Gasteiger partial charge in [0.15, 0.2) is 0 Å². The average Bonchev–Trinajstić information content (AvgIpc) is 2.35. The molecule has 0 saturated carbocycles. The first-order valence-electron chi connectivity index (χ1n) is 5.14. The van der Waals surface area contributed by atoms with Gasteiger partial charge in [0.2, 0.25) is 0 Å². The molecule has 1 N–H and O–H groups in total. The van der Waals surface area contributed by atoms with E-state index in [9.17, 15) is 4.79 Å². The van der Waals surface area contributed by atoms with E-state index in [4.69, 9.17) is 14.6 Å². The van der Waals surface area contributed by atoms with Crippen LogP contribution >= 0.6 is 0 Å². The Morgan fingerprint density at radius 1 is 1.18 bits per heavy atom. The van der Waals surface area contributed by atoms with E-state index in [-0.39, 0.29) is 0 Å². The number of hydrogen-bond acceptors (Lipinski definition) is 3. The fourth-order valence-corrected chi connectivity index (χ4v) is 1.47. The molecule has 0 spiro atoms. The van der Waals surface area contributed by atoms with Crippen molar-refractivity contribution in [3.8, 4) is 11.5 Å². The van der Waals surface area contributed by atoms with Gasteiger partial charge in [0.25, 0.3) is 0 Å². The minimum Gasteiger partial charge on any atom is -0.497 e. The quantitative estimate of drug-likeness (QED) is 0.816. The second kappa shape index (κ2) is 5.39. The molecule has 4 nitrogen and oxygen atoms in total. The third-order valence-electron chi connectivity index (χ3n) is 2.70. The highest BCUT2D eigenvalue weighted by Gasteiger charge is 2.12. The first-order valence-corrected chi connectivity index (χ1v) is 5.14. The molecule has 0 heterocycles. The predicted octanol–water partition coefficient (Wildman–Crippen LogP) is 2.58. The average molecular weight is 236 g/mol. The molecule has 4 heteroatoms. The molecule has 92 valence electrons. The van der Waals surface area contributed by atoms with Gasteiger partial charge in [-0.05, 0) is 31.6 Å². The summed E-state index contributed by atoms with van der Waals surface area (Å²) in [5.41, 5.74) is 1.73. The maximum absolute atomic E-state index is 10.9. The summed E-state index contributed by atoms with van der Waals surface area (Å²) in [7, 11) is 3.11. The van der Waals surface area contributed by atoms with Gasteiger partial charge in [-0.25, -0.2) is 4.79 Å². The van der Waals surface area contributed by atoms with Crippen molar-refractivity contribution in [3.05, 3.63) is 29.3 Å². The number of carboxylic acids is 1. The third-order valence-corrected chi connectivity index (χ3v) is 2.70. The molecule has 0 atom stereocenters. The van der Waals surface area contributed by atoms with E-state index in [1.165, 1.54) is 0 Å². The maximum Gasteiger partial charge on any atom is 0.331 e. The van der Waals surface area contributed by atoms with Crippen molar-refractivity contribution < 1.29 is 19.4 Å². The zero-order chi connectivity index (χ0) is 13.0. The monoisotopic (exact) mass is 236 g/mol. The minimum atomic E-state index is -0.930. The Kier molecular flexibility index (Phi) is 4.15. The number of methoxy groups -OCH3 is 2. The van der Waals surface area contributed by atoms with E-state index >= 15 is 0 Å². The first kappa shape index (κ1) is 13.1. The highest BCUT2D eigenvalue weighted by molar-refractivity contribution is 5.96. The number of aliphatic carboxylic acids is 1. The highest BCUT2D eigenvalue weighted by Crippen LogP contribution is 2.31. The Labute approximate surface area is 100 Å². The molecule has 17 heavy (non-hydrogen) atoms. The number of hydrogen-bond donors (Lipinski definition) is 1. The summed E-state index contributed by atoms with van der Waals surface area (Å²) in [5, 5.41) is 8.95. The fourth-order valence-electron chi connectivity index (χ4n) is 1.47. The molecule has 0 aliphatic heterocycles. The number of carbonyl (C=O) groups is 1. The topological polar surface area (TPSA) is 55.8 Å². The van der Waals surface area contributed by atoms with Crippen molar-refractivity contribution in [2.45, 2.75) is 13.8 Å². The molecular weight excluding hydrogens is 220 g/mol. The molecule has 0 fully saturated rings. The van der Waals surface area contributed by atoms with E-state index < -0.39 is 5.97 Å². The molecule has 0 unspecified atom stereocenters. The van der Waals surface area contributed by atoms with Gasteiger partial charge < -0.3 is 14.6 Å². The SMILES string of the molecule is COc1ccc(C(C)=C(C)C(=O)O)c(OC)c1. The Balaban J connectivity index is 3.32. The van der Waals surface area contributed by atoms with Crippen LogP contribution in [0.3, 0.4) is 0 Å². The van der Waals surface area contributed by atoms with Gasteiger partial charge in [0, 0.05) is 17.2 Å². The normalized spacial score (nSPS) is 11.8.